The number of carbonyl (C=O) groups is 2. The minimum Gasteiger partial charge on any atom is -0.484 e. The Morgan fingerprint density at radius 2 is 1.55 bits per heavy atom. The Kier molecular flexibility index (Phi) is 9.03. The Morgan fingerprint density at radius 3 is 2.21 bits per heavy atom. The van der Waals surface area contributed by atoms with Gasteiger partial charge >= 0.3 is 0 Å². The average molecular weight is 446 g/mol. The smallest absolute Gasteiger partial charge is 0.258 e. The van der Waals surface area contributed by atoms with Crippen LogP contribution in [0, 0.1) is 6.92 Å². The van der Waals surface area contributed by atoms with E-state index >= 15 is 0 Å². The van der Waals surface area contributed by atoms with Gasteiger partial charge in [0.15, 0.2) is 6.61 Å². The predicted molar refractivity (Wildman–Crippen MR) is 132 cm³/mol. The van der Waals surface area contributed by atoms with Crippen LogP contribution in [-0.2, 0) is 9.59 Å². The molecular formula is C27H31N3O3. The van der Waals surface area contributed by atoms with E-state index < -0.39 is 6.04 Å². The van der Waals surface area contributed by atoms with Crippen LogP contribution in [0.4, 0.5) is 5.69 Å². The molecule has 172 valence electrons. The molecule has 6 heteroatoms. The Bertz CT molecular complexity index is 1020. The van der Waals surface area contributed by atoms with Crippen molar-refractivity contribution in [2.75, 3.05) is 18.5 Å². The van der Waals surface area contributed by atoms with Gasteiger partial charge in [0, 0.05) is 5.69 Å². The highest BCUT2D eigenvalue weighted by atomic mass is 16.5. The maximum Gasteiger partial charge on any atom is 0.258 e. The molecule has 3 aromatic rings. The van der Waals surface area contributed by atoms with Crippen LogP contribution in [-0.4, -0.2) is 31.0 Å². The zero-order valence-electron chi connectivity index (χ0n) is 18.9. The van der Waals surface area contributed by atoms with Crippen molar-refractivity contribution in [1.29, 1.82) is 0 Å². The fourth-order valence-electron chi connectivity index (χ4n) is 3.39. The van der Waals surface area contributed by atoms with Gasteiger partial charge in [0.1, 0.15) is 11.8 Å². The quantitative estimate of drug-likeness (QED) is 0.384. The molecule has 0 fully saturated rings. The highest BCUT2D eigenvalue weighted by Gasteiger charge is 2.21. The van der Waals surface area contributed by atoms with E-state index in [1.165, 1.54) is 0 Å². The molecule has 3 aromatic carbocycles. The van der Waals surface area contributed by atoms with Crippen LogP contribution in [0.3, 0.4) is 0 Å². The first-order valence-corrected chi connectivity index (χ1v) is 11.2. The zero-order chi connectivity index (χ0) is 23.5. The van der Waals surface area contributed by atoms with E-state index in [4.69, 9.17) is 10.5 Å². The molecule has 4 N–H and O–H groups in total. The van der Waals surface area contributed by atoms with Gasteiger partial charge < -0.3 is 21.1 Å². The molecule has 0 bridgehead atoms. The van der Waals surface area contributed by atoms with Gasteiger partial charge in [-0.15, -0.1) is 0 Å². The molecule has 3 rings (SSSR count). The van der Waals surface area contributed by atoms with E-state index in [0.29, 0.717) is 24.4 Å². The molecule has 6 nitrogen and oxygen atoms in total. The number of anilines is 1. The molecule has 0 saturated heterocycles. The lowest BCUT2D eigenvalue weighted by molar-refractivity contribution is -0.128. The third kappa shape index (κ3) is 7.77. The first-order valence-electron chi connectivity index (χ1n) is 11.2. The second-order valence-electron chi connectivity index (χ2n) is 7.94. The van der Waals surface area contributed by atoms with Gasteiger partial charge in [0.25, 0.3) is 5.91 Å². The normalized spacial score (nSPS) is 11.5. The summed E-state index contributed by atoms with van der Waals surface area (Å²) in [6.07, 6.45) is 2.03. The molecule has 0 saturated carbocycles. The van der Waals surface area contributed by atoms with Crippen LogP contribution in [0.1, 0.15) is 24.8 Å². The Morgan fingerprint density at radius 1 is 0.879 bits per heavy atom. The Hall–Kier alpha value is -3.64. The number of hydrogen-bond acceptors (Lipinski definition) is 4. The van der Waals surface area contributed by atoms with Crippen molar-refractivity contribution in [3.8, 4) is 16.9 Å². The minimum atomic E-state index is -0.658. The topological polar surface area (TPSA) is 93.5 Å². The lowest BCUT2D eigenvalue weighted by Crippen LogP contribution is -2.45. The second kappa shape index (κ2) is 12.4. The second-order valence-corrected chi connectivity index (χ2v) is 7.94. The third-order valence-corrected chi connectivity index (χ3v) is 5.25. The number of rotatable bonds is 11. The lowest BCUT2D eigenvalue weighted by atomic mass is 10.1. The van der Waals surface area contributed by atoms with Crippen LogP contribution in [0.2, 0.25) is 0 Å². The molecule has 0 aliphatic heterocycles. The fourth-order valence-corrected chi connectivity index (χ4v) is 3.39. The first-order chi connectivity index (χ1) is 16.0. The van der Waals surface area contributed by atoms with Gasteiger partial charge in [-0.25, -0.2) is 0 Å². The van der Waals surface area contributed by atoms with Crippen molar-refractivity contribution in [3.63, 3.8) is 0 Å². The molecular weight excluding hydrogens is 414 g/mol. The molecule has 2 amide bonds. The zero-order valence-corrected chi connectivity index (χ0v) is 18.9. The summed E-state index contributed by atoms with van der Waals surface area (Å²) in [5.41, 5.74) is 9.56. The van der Waals surface area contributed by atoms with Crippen LogP contribution < -0.4 is 21.1 Å². The fraction of sp³-hybridized carbons (Fsp3) is 0.259. The standard InChI is InChI=1S/C27H31N3O3/c1-20-10-14-23(15-11-20)29-27(32)25(9-5-6-18-28)30-26(31)19-33-24-16-12-22(13-17-24)21-7-3-2-4-8-21/h2-4,7-8,10-17,25H,5-6,9,18-19,28H2,1H3,(H,29,32)(H,30,31)/t25-/m0/s1. The van der Waals surface area contributed by atoms with E-state index in [0.717, 1.165) is 29.5 Å². The van der Waals surface area contributed by atoms with E-state index in [-0.39, 0.29) is 18.4 Å². The average Bonchev–Trinajstić information content (AvgIpc) is 2.84. The van der Waals surface area contributed by atoms with Crippen LogP contribution >= 0.6 is 0 Å². The van der Waals surface area contributed by atoms with Gasteiger partial charge in [0.05, 0.1) is 0 Å². The molecule has 0 heterocycles. The third-order valence-electron chi connectivity index (χ3n) is 5.25. The van der Waals surface area contributed by atoms with Gasteiger partial charge in [-0.05, 0) is 68.1 Å². The molecule has 0 radical (unpaired) electrons. The molecule has 0 unspecified atom stereocenters. The molecule has 0 aliphatic carbocycles. The van der Waals surface area contributed by atoms with Crippen molar-refractivity contribution in [2.24, 2.45) is 5.73 Å². The minimum absolute atomic E-state index is 0.171. The predicted octanol–water partition coefficient (Wildman–Crippen LogP) is 4.29. The maximum atomic E-state index is 12.8. The van der Waals surface area contributed by atoms with Gasteiger partial charge in [0.2, 0.25) is 5.91 Å². The number of nitrogens with one attached hydrogen (secondary N) is 2. The summed E-state index contributed by atoms with van der Waals surface area (Å²) in [7, 11) is 0. The van der Waals surface area contributed by atoms with Gasteiger partial charge in [-0.2, -0.15) is 0 Å². The molecule has 33 heavy (non-hydrogen) atoms. The summed E-state index contributed by atoms with van der Waals surface area (Å²) in [6.45, 7) is 2.36. The monoisotopic (exact) mass is 445 g/mol. The number of nitrogens with two attached hydrogens (primary N) is 1. The van der Waals surface area contributed by atoms with Crippen molar-refractivity contribution in [3.05, 3.63) is 84.4 Å². The Balaban J connectivity index is 1.54. The van der Waals surface area contributed by atoms with Gasteiger partial charge in [-0.3, -0.25) is 9.59 Å². The number of carbonyl (C=O) groups excluding carboxylic acids is 2. The number of ether oxygens (including phenoxy) is 1. The summed E-state index contributed by atoms with van der Waals surface area (Å²) in [6, 6.07) is 24.5. The van der Waals surface area contributed by atoms with E-state index in [9.17, 15) is 9.59 Å². The number of benzene rings is 3. The van der Waals surface area contributed by atoms with Crippen molar-refractivity contribution in [2.45, 2.75) is 32.2 Å². The molecule has 0 aliphatic rings. The highest BCUT2D eigenvalue weighted by Crippen LogP contribution is 2.22. The SMILES string of the molecule is Cc1ccc(NC(=O)[C@H](CCCCN)NC(=O)COc2ccc(-c3ccccc3)cc2)cc1. The largest absolute Gasteiger partial charge is 0.484 e. The number of unbranched alkanes of at least 4 members (excludes halogenated alkanes) is 1. The molecule has 0 aromatic heterocycles. The summed E-state index contributed by atoms with van der Waals surface area (Å²) >= 11 is 0. The summed E-state index contributed by atoms with van der Waals surface area (Å²) < 4.78 is 5.63. The maximum absolute atomic E-state index is 12.8. The van der Waals surface area contributed by atoms with Crippen LogP contribution in [0.25, 0.3) is 11.1 Å². The van der Waals surface area contributed by atoms with Crippen LogP contribution in [0.15, 0.2) is 78.9 Å². The number of amides is 2. The lowest BCUT2D eigenvalue weighted by Gasteiger charge is -2.19. The first kappa shape index (κ1) is 24.0. The summed E-state index contributed by atoms with van der Waals surface area (Å²) in [4.78, 5) is 25.3. The Labute approximate surface area is 195 Å². The summed E-state index contributed by atoms with van der Waals surface area (Å²) in [5.74, 6) is -0.0102. The van der Waals surface area contributed by atoms with Crippen molar-refractivity contribution < 1.29 is 14.3 Å². The van der Waals surface area contributed by atoms with Crippen molar-refractivity contribution in [1.82, 2.24) is 5.32 Å². The number of hydrogen-bond donors (Lipinski definition) is 3. The highest BCUT2D eigenvalue weighted by molar-refractivity contribution is 5.97. The molecule has 1 atom stereocenters. The van der Waals surface area contributed by atoms with Crippen molar-refractivity contribution >= 4 is 17.5 Å². The van der Waals surface area contributed by atoms with E-state index in [1.54, 1.807) is 0 Å². The molecule has 0 spiro atoms. The van der Waals surface area contributed by atoms with E-state index in [1.807, 2.05) is 85.8 Å². The number of aryl methyl sites for hydroxylation is 1. The van der Waals surface area contributed by atoms with Gasteiger partial charge in [-0.1, -0.05) is 60.2 Å². The summed E-state index contributed by atoms with van der Waals surface area (Å²) in [5, 5.41) is 5.67. The van der Waals surface area contributed by atoms with E-state index in [2.05, 4.69) is 10.6 Å². The van der Waals surface area contributed by atoms with Crippen LogP contribution in [0.5, 0.6) is 5.75 Å².